The summed E-state index contributed by atoms with van der Waals surface area (Å²) in [6, 6.07) is 0. The minimum Gasteiger partial charge on any atom is -0.462 e. The third-order valence-corrected chi connectivity index (χ3v) is 5.22. The van der Waals surface area contributed by atoms with Crippen LogP contribution in [0.2, 0.25) is 0 Å². The molecule has 0 aliphatic rings. The third-order valence-electron chi connectivity index (χ3n) is 4.29. The first-order valence-electron chi connectivity index (χ1n) is 9.19. The van der Waals surface area contributed by atoms with Gasteiger partial charge in [-0.15, -0.1) is 11.8 Å². The minimum atomic E-state index is -0.557. The summed E-state index contributed by atoms with van der Waals surface area (Å²) in [5, 5.41) is 4.17. The fraction of sp³-hybridized carbons (Fsp3) is 0.421. The summed E-state index contributed by atoms with van der Waals surface area (Å²) in [6.07, 6.45) is 0. The van der Waals surface area contributed by atoms with Crippen molar-refractivity contribution in [2.75, 3.05) is 18.1 Å². The van der Waals surface area contributed by atoms with Gasteiger partial charge in [0.1, 0.15) is 22.9 Å². The van der Waals surface area contributed by atoms with Gasteiger partial charge in [0.15, 0.2) is 12.4 Å². The van der Waals surface area contributed by atoms with E-state index in [1.54, 1.807) is 13.8 Å². The van der Waals surface area contributed by atoms with Crippen LogP contribution in [-0.4, -0.2) is 39.4 Å². The molecule has 0 saturated heterocycles. The number of rotatable bonds is 8. The third kappa shape index (κ3) is 4.56. The molecule has 0 aliphatic carbocycles. The number of furan rings is 1. The van der Waals surface area contributed by atoms with Crippen LogP contribution in [0, 0.1) is 20.8 Å². The Labute approximate surface area is 176 Å². The lowest BCUT2D eigenvalue weighted by Crippen LogP contribution is -2.11. The Hall–Kier alpha value is -3.08. The number of fused-ring (bicyclic) bond motifs is 1. The van der Waals surface area contributed by atoms with Gasteiger partial charge in [-0.2, -0.15) is 4.98 Å². The molecular weight excluding hydrogens is 412 g/mol. The van der Waals surface area contributed by atoms with Gasteiger partial charge in [-0.1, -0.05) is 5.16 Å². The smallest absolute Gasteiger partial charge is 0.342 e. The van der Waals surface area contributed by atoms with Crippen LogP contribution in [0.25, 0.3) is 11.1 Å². The highest BCUT2D eigenvalue weighted by Gasteiger charge is 2.24. The van der Waals surface area contributed by atoms with Crippen molar-refractivity contribution >= 4 is 40.6 Å². The second-order valence-corrected chi connectivity index (χ2v) is 7.40. The van der Waals surface area contributed by atoms with Crippen molar-refractivity contribution in [2.24, 2.45) is 0 Å². The molecule has 0 radical (unpaired) electrons. The average molecular weight is 434 g/mol. The van der Waals surface area contributed by atoms with Crippen molar-refractivity contribution < 1.29 is 28.0 Å². The number of hydrogen-bond acceptors (Lipinski definition) is 11. The standard InChI is InChI=1S/C19H22N4O6S/c1-5-26-19(25)15-11(4)28-18-16(15)17(20)21-13(22-18)6-27-14(24)8-30-7-12-9(2)23-29-10(12)3/h5-8H2,1-4H3,(H2,20,21,22). The summed E-state index contributed by atoms with van der Waals surface area (Å²) in [4.78, 5) is 32.5. The molecule has 160 valence electrons. The minimum absolute atomic E-state index is 0.0544. The van der Waals surface area contributed by atoms with E-state index in [2.05, 4.69) is 15.1 Å². The molecule has 2 N–H and O–H groups in total. The fourth-order valence-electron chi connectivity index (χ4n) is 2.83. The molecule has 10 nitrogen and oxygen atoms in total. The molecule has 3 aromatic heterocycles. The van der Waals surface area contributed by atoms with Gasteiger partial charge in [-0.25, -0.2) is 9.78 Å². The zero-order chi connectivity index (χ0) is 21.8. The molecule has 0 spiro atoms. The number of esters is 2. The highest BCUT2D eigenvalue weighted by atomic mass is 32.2. The summed E-state index contributed by atoms with van der Waals surface area (Å²) in [5.41, 5.74) is 8.11. The van der Waals surface area contributed by atoms with Crippen molar-refractivity contribution in [1.29, 1.82) is 0 Å². The Bertz CT molecular complexity index is 1070. The number of aromatic nitrogens is 3. The second-order valence-electron chi connectivity index (χ2n) is 6.42. The Morgan fingerprint density at radius 1 is 1.13 bits per heavy atom. The fourth-order valence-corrected chi connectivity index (χ4v) is 3.80. The predicted octanol–water partition coefficient (Wildman–Crippen LogP) is 2.87. The summed E-state index contributed by atoms with van der Waals surface area (Å²) < 4.78 is 20.9. The molecule has 0 aliphatic heterocycles. The first kappa shape index (κ1) is 21.6. The van der Waals surface area contributed by atoms with E-state index in [9.17, 15) is 9.59 Å². The molecule has 11 heteroatoms. The molecule has 0 amide bonds. The van der Waals surface area contributed by atoms with Crippen molar-refractivity contribution in [2.45, 2.75) is 40.1 Å². The van der Waals surface area contributed by atoms with E-state index in [1.807, 2.05) is 13.8 Å². The number of carbonyl (C=O) groups is 2. The molecule has 0 bridgehead atoms. The van der Waals surface area contributed by atoms with Crippen LogP contribution in [0.3, 0.4) is 0 Å². The molecule has 0 fully saturated rings. The summed E-state index contributed by atoms with van der Waals surface area (Å²) >= 11 is 1.39. The van der Waals surface area contributed by atoms with E-state index in [0.717, 1.165) is 17.0 Å². The van der Waals surface area contributed by atoms with Gasteiger partial charge in [0, 0.05) is 11.3 Å². The Morgan fingerprint density at radius 3 is 2.57 bits per heavy atom. The number of aryl methyl sites for hydroxylation is 3. The van der Waals surface area contributed by atoms with E-state index in [4.69, 9.17) is 24.1 Å². The van der Waals surface area contributed by atoms with E-state index in [0.29, 0.717) is 11.5 Å². The maximum absolute atomic E-state index is 12.1. The largest absolute Gasteiger partial charge is 0.462 e. The summed E-state index contributed by atoms with van der Waals surface area (Å²) in [7, 11) is 0. The zero-order valence-corrected chi connectivity index (χ0v) is 17.9. The molecular formula is C19H22N4O6S. The Balaban J connectivity index is 1.62. The molecule has 0 atom stereocenters. The maximum atomic E-state index is 12.1. The molecule has 0 saturated carbocycles. The number of carbonyl (C=O) groups excluding carboxylic acids is 2. The lowest BCUT2D eigenvalue weighted by molar-refractivity contribution is -0.141. The number of nitrogen functional groups attached to an aromatic ring is 1. The van der Waals surface area contributed by atoms with E-state index >= 15 is 0 Å². The van der Waals surface area contributed by atoms with Gasteiger partial charge in [-0.05, 0) is 27.7 Å². The Kier molecular flexibility index (Phi) is 6.60. The predicted molar refractivity (Wildman–Crippen MR) is 109 cm³/mol. The lowest BCUT2D eigenvalue weighted by atomic mass is 10.2. The highest BCUT2D eigenvalue weighted by Crippen LogP contribution is 2.29. The van der Waals surface area contributed by atoms with Crippen LogP contribution >= 0.6 is 11.8 Å². The first-order chi connectivity index (χ1) is 14.3. The van der Waals surface area contributed by atoms with E-state index in [-0.39, 0.29) is 47.3 Å². The number of nitrogens with zero attached hydrogens (tertiary/aromatic N) is 3. The van der Waals surface area contributed by atoms with Crippen LogP contribution in [0.1, 0.15) is 45.9 Å². The first-order valence-corrected chi connectivity index (χ1v) is 10.3. The zero-order valence-electron chi connectivity index (χ0n) is 17.1. The number of anilines is 1. The highest BCUT2D eigenvalue weighted by molar-refractivity contribution is 7.99. The average Bonchev–Trinajstić information content (AvgIpc) is 3.19. The van der Waals surface area contributed by atoms with Gasteiger partial charge >= 0.3 is 11.9 Å². The van der Waals surface area contributed by atoms with Crippen LogP contribution in [0.15, 0.2) is 8.94 Å². The van der Waals surface area contributed by atoms with Crippen molar-refractivity contribution in [3.63, 3.8) is 0 Å². The SMILES string of the molecule is CCOC(=O)c1c(C)oc2nc(COC(=O)CSCc3c(C)noc3C)nc(N)c12. The van der Waals surface area contributed by atoms with Gasteiger partial charge in [0.05, 0.1) is 23.4 Å². The number of thioether (sulfide) groups is 1. The number of ether oxygens (including phenoxy) is 2. The summed E-state index contributed by atoms with van der Waals surface area (Å²) in [6.45, 7) is 7.05. The van der Waals surface area contributed by atoms with Crippen LogP contribution in [-0.2, 0) is 26.6 Å². The topological polar surface area (TPSA) is 144 Å². The van der Waals surface area contributed by atoms with E-state index in [1.165, 1.54) is 11.8 Å². The quantitative estimate of drug-likeness (QED) is 0.522. The Morgan fingerprint density at radius 2 is 1.90 bits per heavy atom. The molecule has 0 unspecified atom stereocenters. The van der Waals surface area contributed by atoms with Crippen LogP contribution in [0.4, 0.5) is 5.82 Å². The van der Waals surface area contributed by atoms with E-state index < -0.39 is 11.9 Å². The lowest BCUT2D eigenvalue weighted by Gasteiger charge is -2.06. The van der Waals surface area contributed by atoms with Gasteiger partial charge in [0.25, 0.3) is 0 Å². The monoisotopic (exact) mass is 434 g/mol. The van der Waals surface area contributed by atoms with Crippen LogP contribution < -0.4 is 5.73 Å². The second kappa shape index (κ2) is 9.16. The number of nitrogens with two attached hydrogens (primary N) is 1. The molecule has 3 aromatic rings. The summed E-state index contributed by atoms with van der Waals surface area (Å²) in [5.74, 6) is 1.06. The maximum Gasteiger partial charge on any atom is 0.342 e. The normalized spacial score (nSPS) is 11.1. The molecule has 30 heavy (non-hydrogen) atoms. The van der Waals surface area contributed by atoms with Crippen molar-refractivity contribution in [1.82, 2.24) is 15.1 Å². The molecule has 0 aromatic carbocycles. The van der Waals surface area contributed by atoms with Crippen molar-refractivity contribution in [3.8, 4) is 0 Å². The molecule has 3 heterocycles. The van der Waals surface area contributed by atoms with Gasteiger partial charge < -0.3 is 24.1 Å². The molecule has 3 rings (SSSR count). The number of hydrogen-bond donors (Lipinski definition) is 1. The van der Waals surface area contributed by atoms with Crippen molar-refractivity contribution in [3.05, 3.63) is 34.2 Å². The van der Waals surface area contributed by atoms with Gasteiger partial charge in [-0.3, -0.25) is 4.79 Å². The van der Waals surface area contributed by atoms with Crippen LogP contribution in [0.5, 0.6) is 0 Å². The van der Waals surface area contributed by atoms with Gasteiger partial charge in [0.2, 0.25) is 5.71 Å².